The van der Waals surface area contributed by atoms with E-state index in [4.69, 9.17) is 9.47 Å². The van der Waals surface area contributed by atoms with Crippen molar-refractivity contribution >= 4 is 5.91 Å². The summed E-state index contributed by atoms with van der Waals surface area (Å²) in [6.07, 6.45) is 6.13. The van der Waals surface area contributed by atoms with Gasteiger partial charge in [0.05, 0.1) is 11.9 Å². The number of ether oxygens (including phenoxy) is 2. The second kappa shape index (κ2) is 10.1. The fraction of sp³-hybridized carbons (Fsp3) is 0.125. The summed E-state index contributed by atoms with van der Waals surface area (Å²) in [5.74, 6) is 1.58. The Morgan fingerprint density at radius 2 is 1.71 bits per heavy atom. The number of carbonyl (C=O) groups excluding carboxylic acids is 1. The van der Waals surface area contributed by atoms with Gasteiger partial charge in [-0.1, -0.05) is 24.3 Å². The lowest BCUT2D eigenvalue weighted by Crippen LogP contribution is -2.30. The number of carbonyl (C=O) groups is 1. The van der Waals surface area contributed by atoms with Crippen molar-refractivity contribution in [1.29, 1.82) is 0 Å². The Morgan fingerprint density at radius 1 is 0.935 bits per heavy atom. The molecule has 2 heterocycles. The third kappa shape index (κ3) is 5.93. The van der Waals surface area contributed by atoms with E-state index in [9.17, 15) is 4.79 Å². The molecule has 4 rings (SSSR count). The molecule has 0 fully saturated rings. The van der Waals surface area contributed by atoms with Crippen molar-refractivity contribution < 1.29 is 14.3 Å². The van der Waals surface area contributed by atoms with Crippen LogP contribution in [-0.4, -0.2) is 33.8 Å². The molecule has 0 aliphatic rings. The summed E-state index contributed by atoms with van der Waals surface area (Å²) in [5, 5.41) is 7.22. The number of hydrogen-bond acceptors (Lipinski definition) is 5. The fourth-order valence-electron chi connectivity index (χ4n) is 2.89. The molecule has 2 aromatic heterocycles. The highest BCUT2D eigenvalue weighted by atomic mass is 16.5. The zero-order valence-electron chi connectivity index (χ0n) is 16.8. The van der Waals surface area contributed by atoms with E-state index in [0.29, 0.717) is 30.3 Å². The van der Waals surface area contributed by atoms with Crippen LogP contribution in [0, 0.1) is 0 Å². The third-order valence-corrected chi connectivity index (χ3v) is 4.45. The van der Waals surface area contributed by atoms with Crippen molar-refractivity contribution in [3.8, 4) is 23.1 Å². The van der Waals surface area contributed by atoms with Gasteiger partial charge in [-0.05, 0) is 54.4 Å². The zero-order valence-corrected chi connectivity index (χ0v) is 16.8. The molecule has 7 heteroatoms. The van der Waals surface area contributed by atoms with Crippen LogP contribution in [0.3, 0.4) is 0 Å². The van der Waals surface area contributed by atoms with Crippen LogP contribution in [0.4, 0.5) is 0 Å². The number of para-hydroxylation sites is 1. The largest absolute Gasteiger partial charge is 0.484 e. The highest BCUT2D eigenvalue weighted by Crippen LogP contribution is 2.22. The highest BCUT2D eigenvalue weighted by Gasteiger charge is 2.05. The van der Waals surface area contributed by atoms with Gasteiger partial charge in [-0.2, -0.15) is 5.10 Å². The average Bonchev–Trinajstić information content (AvgIpc) is 3.29. The molecule has 0 saturated heterocycles. The number of hydrogen-bond donors (Lipinski definition) is 1. The van der Waals surface area contributed by atoms with E-state index in [1.807, 2.05) is 59.5 Å². The first-order chi connectivity index (χ1) is 15.3. The predicted octanol–water partition coefficient (Wildman–Crippen LogP) is 3.80. The first-order valence-electron chi connectivity index (χ1n) is 9.94. The molecule has 1 N–H and O–H groups in total. The molecular weight excluding hydrogens is 392 g/mol. The van der Waals surface area contributed by atoms with Gasteiger partial charge in [-0.15, -0.1) is 0 Å². The smallest absolute Gasteiger partial charge is 0.257 e. The summed E-state index contributed by atoms with van der Waals surface area (Å²) in [4.78, 5) is 16.2. The van der Waals surface area contributed by atoms with E-state index in [-0.39, 0.29) is 12.5 Å². The van der Waals surface area contributed by atoms with E-state index in [1.165, 1.54) is 0 Å². The number of benzene rings is 2. The van der Waals surface area contributed by atoms with Crippen molar-refractivity contribution in [3.63, 3.8) is 0 Å². The van der Waals surface area contributed by atoms with Crippen molar-refractivity contribution in [2.45, 2.75) is 6.42 Å². The van der Waals surface area contributed by atoms with Crippen LogP contribution in [0.25, 0.3) is 5.69 Å². The number of amides is 1. The van der Waals surface area contributed by atoms with Gasteiger partial charge in [0.15, 0.2) is 6.61 Å². The third-order valence-electron chi connectivity index (χ3n) is 4.45. The number of nitrogens with one attached hydrogen (secondary N) is 1. The van der Waals surface area contributed by atoms with Gasteiger partial charge in [0.25, 0.3) is 5.91 Å². The molecule has 156 valence electrons. The predicted molar refractivity (Wildman–Crippen MR) is 117 cm³/mol. The van der Waals surface area contributed by atoms with Gasteiger partial charge in [0, 0.05) is 25.0 Å². The van der Waals surface area contributed by atoms with Gasteiger partial charge >= 0.3 is 0 Å². The molecule has 0 unspecified atom stereocenters. The quantitative estimate of drug-likeness (QED) is 0.451. The molecule has 7 nitrogen and oxygen atoms in total. The van der Waals surface area contributed by atoms with Gasteiger partial charge in [0.2, 0.25) is 5.88 Å². The average molecular weight is 414 g/mol. The second-order valence-corrected chi connectivity index (χ2v) is 6.76. The van der Waals surface area contributed by atoms with Gasteiger partial charge < -0.3 is 14.8 Å². The summed E-state index contributed by atoms with van der Waals surface area (Å²) in [6.45, 7) is 0.462. The van der Waals surface area contributed by atoms with E-state index < -0.39 is 0 Å². The Balaban J connectivity index is 1.18. The minimum Gasteiger partial charge on any atom is -0.484 e. The number of pyridine rings is 1. The van der Waals surface area contributed by atoms with E-state index in [0.717, 1.165) is 11.3 Å². The lowest BCUT2D eigenvalue weighted by Gasteiger charge is -2.08. The molecule has 0 radical (unpaired) electrons. The molecule has 0 bridgehead atoms. The molecule has 31 heavy (non-hydrogen) atoms. The standard InChI is InChI=1S/C24H22N4O3/c29-23(25-15-13-19-16-27-28(17-19)20-6-2-1-3-7-20)18-30-21-9-11-22(12-10-21)31-24-8-4-5-14-26-24/h1-12,14,16-17H,13,15,18H2,(H,25,29). The molecular formula is C24H22N4O3. The lowest BCUT2D eigenvalue weighted by atomic mass is 10.2. The molecule has 0 aliphatic carbocycles. The van der Waals surface area contributed by atoms with Crippen LogP contribution in [0.15, 0.2) is 91.4 Å². The lowest BCUT2D eigenvalue weighted by molar-refractivity contribution is -0.123. The van der Waals surface area contributed by atoms with Gasteiger partial charge in [-0.25, -0.2) is 9.67 Å². The number of aromatic nitrogens is 3. The Kier molecular flexibility index (Phi) is 6.54. The molecule has 4 aromatic rings. The Labute approximate surface area is 180 Å². The Morgan fingerprint density at radius 3 is 2.48 bits per heavy atom. The fourth-order valence-corrected chi connectivity index (χ4v) is 2.89. The summed E-state index contributed by atoms with van der Waals surface area (Å²) >= 11 is 0. The van der Waals surface area contributed by atoms with E-state index in [2.05, 4.69) is 15.4 Å². The second-order valence-electron chi connectivity index (χ2n) is 6.76. The molecule has 0 saturated carbocycles. The van der Waals surface area contributed by atoms with Crippen molar-refractivity contribution in [3.05, 3.63) is 97.0 Å². The maximum absolute atomic E-state index is 12.1. The maximum Gasteiger partial charge on any atom is 0.257 e. The van der Waals surface area contributed by atoms with E-state index in [1.54, 1.807) is 36.5 Å². The summed E-state index contributed by atoms with van der Waals surface area (Å²) in [5.41, 5.74) is 2.05. The minimum absolute atomic E-state index is 0.0519. The van der Waals surface area contributed by atoms with Crippen LogP contribution < -0.4 is 14.8 Å². The number of rotatable bonds is 9. The molecule has 2 aromatic carbocycles. The van der Waals surface area contributed by atoms with Crippen molar-refractivity contribution in [1.82, 2.24) is 20.1 Å². The summed E-state index contributed by atoms with van der Waals surface area (Å²) < 4.78 is 13.0. The normalized spacial score (nSPS) is 10.5. The maximum atomic E-state index is 12.1. The van der Waals surface area contributed by atoms with Crippen LogP contribution in [-0.2, 0) is 11.2 Å². The van der Waals surface area contributed by atoms with Crippen molar-refractivity contribution in [2.24, 2.45) is 0 Å². The topological polar surface area (TPSA) is 78.3 Å². The minimum atomic E-state index is -0.177. The molecule has 0 aliphatic heterocycles. The Hall–Kier alpha value is -4.13. The summed E-state index contributed by atoms with van der Waals surface area (Å²) in [7, 11) is 0. The monoisotopic (exact) mass is 414 g/mol. The highest BCUT2D eigenvalue weighted by molar-refractivity contribution is 5.77. The van der Waals surface area contributed by atoms with Crippen molar-refractivity contribution in [2.75, 3.05) is 13.2 Å². The molecule has 1 amide bonds. The Bertz CT molecular complexity index is 1100. The van der Waals surface area contributed by atoms with Crippen LogP contribution in [0.1, 0.15) is 5.56 Å². The molecule has 0 spiro atoms. The van der Waals surface area contributed by atoms with E-state index >= 15 is 0 Å². The zero-order chi connectivity index (χ0) is 21.3. The van der Waals surface area contributed by atoms with Crippen LogP contribution in [0.2, 0.25) is 0 Å². The first-order valence-corrected chi connectivity index (χ1v) is 9.94. The first kappa shape index (κ1) is 20.2. The SMILES string of the molecule is O=C(COc1ccc(Oc2ccccn2)cc1)NCCc1cnn(-c2ccccc2)c1. The van der Waals surface area contributed by atoms with Crippen LogP contribution >= 0.6 is 0 Å². The van der Waals surface area contributed by atoms with Gasteiger partial charge in [-0.3, -0.25) is 4.79 Å². The summed E-state index contributed by atoms with van der Waals surface area (Å²) in [6, 6.07) is 22.4. The van der Waals surface area contributed by atoms with Gasteiger partial charge in [0.1, 0.15) is 11.5 Å². The molecule has 0 atom stereocenters. The number of nitrogens with zero attached hydrogens (tertiary/aromatic N) is 3. The van der Waals surface area contributed by atoms with Crippen LogP contribution in [0.5, 0.6) is 17.4 Å².